The summed E-state index contributed by atoms with van der Waals surface area (Å²) in [7, 11) is 0. The lowest BCUT2D eigenvalue weighted by Crippen LogP contribution is -2.15. The van der Waals surface area contributed by atoms with Crippen LogP contribution in [0.2, 0.25) is 0 Å². The average Bonchev–Trinajstić information content (AvgIpc) is 2.59. The quantitative estimate of drug-likeness (QED) is 0.766. The van der Waals surface area contributed by atoms with Crippen LogP contribution in [0.4, 0.5) is 11.6 Å². The van der Waals surface area contributed by atoms with Crippen molar-refractivity contribution in [3.8, 4) is 6.07 Å². The van der Waals surface area contributed by atoms with E-state index in [0.717, 1.165) is 25.8 Å². The number of hydrogen-bond donors (Lipinski definition) is 2. The fraction of sp³-hybridized carbons (Fsp3) is 0.294. The van der Waals surface area contributed by atoms with E-state index in [1.54, 1.807) is 36.5 Å². The van der Waals surface area contributed by atoms with Crippen LogP contribution in [0.1, 0.15) is 42.2 Å². The number of benzene rings is 1. The number of carbonyl (C=O) groups is 1. The minimum Gasteiger partial charge on any atom is -0.354 e. The average molecular weight is 309 g/mol. The summed E-state index contributed by atoms with van der Waals surface area (Å²) >= 11 is 0. The summed E-state index contributed by atoms with van der Waals surface area (Å²) in [4.78, 5) is 20.5. The van der Waals surface area contributed by atoms with E-state index in [1.165, 1.54) is 0 Å². The molecule has 0 fully saturated rings. The van der Waals surface area contributed by atoms with Crippen molar-refractivity contribution in [2.45, 2.75) is 26.2 Å². The summed E-state index contributed by atoms with van der Waals surface area (Å²) in [5.41, 5.74) is 1.33. The number of unbranched alkanes of at least 4 members (excludes halogenated alkanes) is 2. The number of aromatic nitrogens is 2. The van der Waals surface area contributed by atoms with E-state index in [4.69, 9.17) is 5.26 Å². The largest absolute Gasteiger partial charge is 0.354 e. The molecule has 0 radical (unpaired) electrons. The molecule has 23 heavy (non-hydrogen) atoms. The molecule has 118 valence electrons. The smallest absolute Gasteiger partial charge is 0.274 e. The van der Waals surface area contributed by atoms with Gasteiger partial charge < -0.3 is 10.6 Å². The summed E-state index contributed by atoms with van der Waals surface area (Å²) in [5, 5.41) is 14.7. The Morgan fingerprint density at radius 1 is 1.30 bits per heavy atom. The maximum absolute atomic E-state index is 12.2. The number of nitrogens with zero attached hydrogens (tertiary/aromatic N) is 3. The summed E-state index contributed by atoms with van der Waals surface area (Å²) in [6, 6.07) is 10.3. The first-order chi connectivity index (χ1) is 11.2. The van der Waals surface area contributed by atoms with Crippen molar-refractivity contribution in [1.29, 1.82) is 5.26 Å². The lowest BCUT2D eigenvalue weighted by atomic mass is 10.2. The van der Waals surface area contributed by atoms with Crippen LogP contribution in [0.25, 0.3) is 0 Å². The SMILES string of the molecule is CCCCCNc1nccc(C(=O)Nc2cccc(C#N)c2)n1. The summed E-state index contributed by atoms with van der Waals surface area (Å²) in [5.74, 6) is 0.110. The molecule has 0 aliphatic carbocycles. The van der Waals surface area contributed by atoms with Gasteiger partial charge in [0.1, 0.15) is 5.69 Å². The Kier molecular flexibility index (Phi) is 6.07. The summed E-state index contributed by atoms with van der Waals surface area (Å²) < 4.78 is 0. The minimum absolute atomic E-state index is 0.278. The zero-order chi connectivity index (χ0) is 16.5. The molecule has 0 aliphatic rings. The Balaban J connectivity index is 2.00. The molecule has 1 heterocycles. The Morgan fingerprint density at radius 3 is 2.96 bits per heavy atom. The first kappa shape index (κ1) is 16.4. The van der Waals surface area contributed by atoms with Crippen LogP contribution in [0, 0.1) is 11.3 Å². The van der Waals surface area contributed by atoms with E-state index in [9.17, 15) is 4.79 Å². The predicted octanol–water partition coefficient (Wildman–Crippen LogP) is 3.20. The van der Waals surface area contributed by atoms with Gasteiger partial charge in [0.15, 0.2) is 0 Å². The summed E-state index contributed by atoms with van der Waals surface area (Å²) in [6.07, 6.45) is 4.88. The highest BCUT2D eigenvalue weighted by molar-refractivity contribution is 6.03. The predicted molar refractivity (Wildman–Crippen MR) is 89.2 cm³/mol. The second-order valence-electron chi connectivity index (χ2n) is 5.05. The van der Waals surface area contributed by atoms with Gasteiger partial charge in [-0.1, -0.05) is 25.8 Å². The Hall–Kier alpha value is -2.94. The van der Waals surface area contributed by atoms with E-state index in [1.807, 2.05) is 6.07 Å². The zero-order valence-corrected chi connectivity index (χ0v) is 13.0. The molecule has 2 aromatic rings. The van der Waals surface area contributed by atoms with Crippen LogP contribution >= 0.6 is 0 Å². The third kappa shape index (κ3) is 5.08. The van der Waals surface area contributed by atoms with Crippen LogP contribution in [0.15, 0.2) is 36.5 Å². The van der Waals surface area contributed by atoms with Crippen molar-refractivity contribution in [3.63, 3.8) is 0 Å². The molecule has 1 aromatic carbocycles. The van der Waals surface area contributed by atoms with Gasteiger partial charge in [-0.3, -0.25) is 4.79 Å². The number of hydrogen-bond acceptors (Lipinski definition) is 5. The number of nitrogens with one attached hydrogen (secondary N) is 2. The van der Waals surface area contributed by atoms with Crippen LogP contribution in [-0.2, 0) is 0 Å². The minimum atomic E-state index is -0.334. The van der Waals surface area contributed by atoms with E-state index in [0.29, 0.717) is 17.2 Å². The lowest BCUT2D eigenvalue weighted by molar-refractivity contribution is 0.102. The van der Waals surface area contributed by atoms with Gasteiger partial charge in [-0.2, -0.15) is 5.26 Å². The fourth-order valence-electron chi connectivity index (χ4n) is 2.01. The number of rotatable bonds is 7. The van der Waals surface area contributed by atoms with Gasteiger partial charge in [-0.15, -0.1) is 0 Å². The van der Waals surface area contributed by atoms with Gasteiger partial charge in [0.25, 0.3) is 5.91 Å². The molecule has 2 N–H and O–H groups in total. The van der Waals surface area contributed by atoms with Gasteiger partial charge in [-0.25, -0.2) is 9.97 Å². The molecule has 0 spiro atoms. The van der Waals surface area contributed by atoms with Gasteiger partial charge in [-0.05, 0) is 30.7 Å². The lowest BCUT2D eigenvalue weighted by Gasteiger charge is -2.07. The molecule has 1 amide bonds. The molecule has 0 saturated heterocycles. The first-order valence-electron chi connectivity index (χ1n) is 7.61. The van der Waals surface area contributed by atoms with E-state index >= 15 is 0 Å². The molecule has 6 nitrogen and oxygen atoms in total. The second-order valence-corrected chi connectivity index (χ2v) is 5.05. The van der Waals surface area contributed by atoms with Gasteiger partial charge in [0.05, 0.1) is 11.6 Å². The maximum atomic E-state index is 12.2. The van der Waals surface area contributed by atoms with Crippen LogP contribution in [-0.4, -0.2) is 22.4 Å². The molecule has 0 aliphatic heterocycles. The van der Waals surface area contributed by atoms with Crippen molar-refractivity contribution < 1.29 is 4.79 Å². The van der Waals surface area contributed by atoms with Crippen LogP contribution in [0.3, 0.4) is 0 Å². The van der Waals surface area contributed by atoms with Gasteiger partial charge in [0, 0.05) is 18.4 Å². The van der Waals surface area contributed by atoms with Crippen LogP contribution < -0.4 is 10.6 Å². The van der Waals surface area contributed by atoms with Crippen molar-refractivity contribution >= 4 is 17.5 Å². The fourth-order valence-corrected chi connectivity index (χ4v) is 2.01. The van der Waals surface area contributed by atoms with Crippen molar-refractivity contribution in [2.24, 2.45) is 0 Å². The normalized spacial score (nSPS) is 9.91. The van der Waals surface area contributed by atoms with Gasteiger partial charge >= 0.3 is 0 Å². The number of nitriles is 1. The highest BCUT2D eigenvalue weighted by Crippen LogP contribution is 2.11. The third-order valence-corrected chi connectivity index (χ3v) is 3.20. The van der Waals surface area contributed by atoms with Crippen molar-refractivity contribution in [2.75, 3.05) is 17.2 Å². The van der Waals surface area contributed by atoms with E-state index in [2.05, 4.69) is 27.5 Å². The standard InChI is InChI=1S/C17H19N5O/c1-2-3-4-9-19-17-20-10-8-15(22-17)16(23)21-14-7-5-6-13(11-14)12-18/h5-8,10-11H,2-4,9H2,1H3,(H,21,23)(H,19,20,22). The molecule has 0 bridgehead atoms. The molecule has 2 rings (SSSR count). The highest BCUT2D eigenvalue weighted by Gasteiger charge is 2.09. The van der Waals surface area contributed by atoms with E-state index < -0.39 is 0 Å². The Labute approximate surface area is 135 Å². The topological polar surface area (TPSA) is 90.7 Å². The highest BCUT2D eigenvalue weighted by atomic mass is 16.1. The molecule has 6 heteroatoms. The van der Waals surface area contributed by atoms with Crippen molar-refractivity contribution in [1.82, 2.24) is 9.97 Å². The molecule has 0 unspecified atom stereocenters. The molecule has 0 atom stereocenters. The number of anilines is 2. The van der Waals surface area contributed by atoms with E-state index in [-0.39, 0.29) is 11.6 Å². The Morgan fingerprint density at radius 2 is 2.17 bits per heavy atom. The van der Waals surface area contributed by atoms with Gasteiger partial charge in [0.2, 0.25) is 5.95 Å². The zero-order valence-electron chi connectivity index (χ0n) is 13.0. The number of amides is 1. The summed E-state index contributed by atoms with van der Waals surface area (Å²) in [6.45, 7) is 2.92. The maximum Gasteiger partial charge on any atom is 0.274 e. The first-order valence-corrected chi connectivity index (χ1v) is 7.61. The molecule has 1 aromatic heterocycles. The van der Waals surface area contributed by atoms with Crippen molar-refractivity contribution in [3.05, 3.63) is 47.8 Å². The number of carbonyl (C=O) groups excluding carboxylic acids is 1. The monoisotopic (exact) mass is 309 g/mol. The molecule has 0 saturated carbocycles. The Bertz CT molecular complexity index is 708. The molecular weight excluding hydrogens is 290 g/mol. The molecular formula is C17H19N5O. The second kappa shape index (κ2) is 8.49. The third-order valence-electron chi connectivity index (χ3n) is 3.20. The van der Waals surface area contributed by atoms with Crippen LogP contribution in [0.5, 0.6) is 0 Å².